The molecular formula is C9H19NO2. The minimum atomic E-state index is 0.483. The van der Waals surface area contributed by atoms with Crippen molar-refractivity contribution in [3.8, 4) is 0 Å². The van der Waals surface area contributed by atoms with Gasteiger partial charge >= 0.3 is 0 Å². The van der Waals surface area contributed by atoms with E-state index in [2.05, 4.69) is 11.9 Å². The molecule has 0 N–H and O–H groups in total. The molecule has 0 aromatic carbocycles. The second kappa shape index (κ2) is 5.51. The first-order chi connectivity index (χ1) is 5.83. The Hall–Kier alpha value is -0.120. The zero-order valence-corrected chi connectivity index (χ0v) is 8.08. The van der Waals surface area contributed by atoms with Crippen LogP contribution < -0.4 is 0 Å². The van der Waals surface area contributed by atoms with Crippen LogP contribution in [0.2, 0.25) is 0 Å². The van der Waals surface area contributed by atoms with E-state index in [0.29, 0.717) is 6.10 Å². The smallest absolute Gasteiger partial charge is 0.0828 e. The lowest BCUT2D eigenvalue weighted by molar-refractivity contribution is -0.0484. The van der Waals surface area contributed by atoms with Crippen LogP contribution in [0.5, 0.6) is 0 Å². The summed E-state index contributed by atoms with van der Waals surface area (Å²) in [4.78, 5) is 2.26. The van der Waals surface area contributed by atoms with Crippen LogP contribution in [0, 0.1) is 0 Å². The van der Waals surface area contributed by atoms with Gasteiger partial charge < -0.3 is 14.4 Å². The van der Waals surface area contributed by atoms with Gasteiger partial charge in [0.15, 0.2) is 0 Å². The second-order valence-corrected chi connectivity index (χ2v) is 3.26. The molecular weight excluding hydrogens is 154 g/mol. The Morgan fingerprint density at radius 3 is 2.67 bits per heavy atom. The summed E-state index contributed by atoms with van der Waals surface area (Å²) in [6.07, 6.45) is 1.50. The zero-order chi connectivity index (χ0) is 8.81. The van der Waals surface area contributed by atoms with Crippen LogP contribution in [-0.2, 0) is 9.47 Å². The standard InChI is InChI=1S/C9H19NO2/c1-3-11-5-4-6-12-9-7-10(2)8-9/h9H,3-8H2,1-2H3. The zero-order valence-electron chi connectivity index (χ0n) is 8.08. The Morgan fingerprint density at radius 2 is 2.08 bits per heavy atom. The molecule has 0 atom stereocenters. The molecule has 1 heterocycles. The number of hydrogen-bond donors (Lipinski definition) is 0. The largest absolute Gasteiger partial charge is 0.382 e. The van der Waals surface area contributed by atoms with Gasteiger partial charge in [-0.15, -0.1) is 0 Å². The van der Waals surface area contributed by atoms with Crippen LogP contribution >= 0.6 is 0 Å². The minimum absolute atomic E-state index is 0.483. The molecule has 0 aliphatic carbocycles. The summed E-state index contributed by atoms with van der Waals surface area (Å²) in [7, 11) is 2.11. The third-order valence-corrected chi connectivity index (χ3v) is 2.02. The highest BCUT2D eigenvalue weighted by molar-refractivity contribution is 4.76. The molecule has 1 aliphatic heterocycles. The van der Waals surface area contributed by atoms with Crippen molar-refractivity contribution in [2.45, 2.75) is 19.4 Å². The molecule has 72 valence electrons. The summed E-state index contributed by atoms with van der Waals surface area (Å²) >= 11 is 0. The van der Waals surface area contributed by atoms with Gasteiger partial charge in [-0.2, -0.15) is 0 Å². The van der Waals surface area contributed by atoms with Crippen LogP contribution in [-0.4, -0.2) is 51.0 Å². The van der Waals surface area contributed by atoms with Crippen LogP contribution in [0.1, 0.15) is 13.3 Å². The van der Waals surface area contributed by atoms with Gasteiger partial charge in [-0.25, -0.2) is 0 Å². The summed E-state index contributed by atoms with van der Waals surface area (Å²) in [6, 6.07) is 0. The van der Waals surface area contributed by atoms with E-state index in [0.717, 1.165) is 39.3 Å². The molecule has 1 rings (SSSR count). The lowest BCUT2D eigenvalue weighted by Gasteiger charge is -2.35. The molecule has 0 saturated carbocycles. The van der Waals surface area contributed by atoms with E-state index in [9.17, 15) is 0 Å². The quantitative estimate of drug-likeness (QED) is 0.553. The Balaban J connectivity index is 1.77. The Morgan fingerprint density at radius 1 is 1.33 bits per heavy atom. The van der Waals surface area contributed by atoms with E-state index in [4.69, 9.17) is 9.47 Å². The van der Waals surface area contributed by atoms with E-state index >= 15 is 0 Å². The van der Waals surface area contributed by atoms with E-state index in [1.54, 1.807) is 0 Å². The van der Waals surface area contributed by atoms with Crippen molar-refractivity contribution in [3.05, 3.63) is 0 Å². The first kappa shape index (κ1) is 9.96. The third-order valence-electron chi connectivity index (χ3n) is 2.02. The predicted octanol–water partition coefficient (Wildman–Crippen LogP) is 0.744. The van der Waals surface area contributed by atoms with Gasteiger partial charge in [0.1, 0.15) is 0 Å². The fourth-order valence-electron chi connectivity index (χ4n) is 1.30. The van der Waals surface area contributed by atoms with Gasteiger partial charge in [0.05, 0.1) is 6.10 Å². The van der Waals surface area contributed by atoms with Crippen molar-refractivity contribution in [2.75, 3.05) is 40.0 Å². The summed E-state index contributed by atoms with van der Waals surface area (Å²) in [6.45, 7) is 6.69. The molecule has 0 radical (unpaired) electrons. The maximum Gasteiger partial charge on any atom is 0.0828 e. The Bertz CT molecular complexity index is 113. The molecule has 0 spiro atoms. The summed E-state index contributed by atoms with van der Waals surface area (Å²) in [5, 5.41) is 0. The molecule has 0 amide bonds. The van der Waals surface area contributed by atoms with Gasteiger partial charge in [-0.05, 0) is 20.4 Å². The van der Waals surface area contributed by atoms with Crippen LogP contribution in [0.25, 0.3) is 0 Å². The van der Waals surface area contributed by atoms with Crippen molar-refractivity contribution in [1.82, 2.24) is 4.90 Å². The molecule has 3 nitrogen and oxygen atoms in total. The normalized spacial score (nSPS) is 19.5. The summed E-state index contributed by atoms with van der Waals surface area (Å²) in [5.41, 5.74) is 0. The Labute approximate surface area is 74.6 Å². The lowest BCUT2D eigenvalue weighted by Crippen LogP contribution is -2.49. The summed E-state index contributed by atoms with van der Waals surface area (Å²) in [5.74, 6) is 0. The van der Waals surface area contributed by atoms with Crippen LogP contribution in [0.3, 0.4) is 0 Å². The van der Waals surface area contributed by atoms with Crippen molar-refractivity contribution < 1.29 is 9.47 Å². The fourth-order valence-corrected chi connectivity index (χ4v) is 1.30. The maximum atomic E-state index is 5.57. The second-order valence-electron chi connectivity index (χ2n) is 3.26. The molecule has 3 heteroatoms. The molecule has 0 aromatic rings. The van der Waals surface area contributed by atoms with E-state index in [-0.39, 0.29) is 0 Å². The number of nitrogens with zero attached hydrogens (tertiary/aromatic N) is 1. The number of rotatable bonds is 6. The van der Waals surface area contributed by atoms with Crippen molar-refractivity contribution in [2.24, 2.45) is 0 Å². The molecule has 0 unspecified atom stereocenters. The third kappa shape index (κ3) is 3.52. The molecule has 1 aliphatic rings. The van der Waals surface area contributed by atoms with Gasteiger partial charge in [0.25, 0.3) is 0 Å². The average molecular weight is 173 g/mol. The SMILES string of the molecule is CCOCCCOC1CN(C)C1. The number of ether oxygens (including phenoxy) is 2. The Kier molecular flexibility index (Phi) is 4.58. The average Bonchev–Trinajstić information content (AvgIpc) is 2.00. The van der Waals surface area contributed by atoms with Crippen LogP contribution in [0.15, 0.2) is 0 Å². The van der Waals surface area contributed by atoms with Crippen LogP contribution in [0.4, 0.5) is 0 Å². The highest BCUT2D eigenvalue weighted by atomic mass is 16.5. The van der Waals surface area contributed by atoms with Crippen molar-refractivity contribution in [1.29, 1.82) is 0 Å². The maximum absolute atomic E-state index is 5.57. The molecule has 0 aromatic heterocycles. The molecule has 12 heavy (non-hydrogen) atoms. The van der Waals surface area contributed by atoms with Gasteiger partial charge in [0.2, 0.25) is 0 Å². The highest BCUT2D eigenvalue weighted by Crippen LogP contribution is 2.08. The van der Waals surface area contributed by atoms with Crippen molar-refractivity contribution in [3.63, 3.8) is 0 Å². The van der Waals surface area contributed by atoms with E-state index < -0.39 is 0 Å². The van der Waals surface area contributed by atoms with E-state index in [1.165, 1.54) is 0 Å². The molecule has 0 bridgehead atoms. The van der Waals surface area contributed by atoms with E-state index in [1.807, 2.05) is 6.92 Å². The molecule has 1 saturated heterocycles. The lowest BCUT2D eigenvalue weighted by atomic mass is 10.2. The monoisotopic (exact) mass is 173 g/mol. The van der Waals surface area contributed by atoms with Gasteiger partial charge in [-0.3, -0.25) is 0 Å². The topological polar surface area (TPSA) is 21.7 Å². The minimum Gasteiger partial charge on any atom is -0.382 e. The highest BCUT2D eigenvalue weighted by Gasteiger charge is 2.22. The van der Waals surface area contributed by atoms with Crippen molar-refractivity contribution >= 4 is 0 Å². The molecule has 1 fully saturated rings. The summed E-state index contributed by atoms with van der Waals surface area (Å²) < 4.78 is 10.8. The van der Waals surface area contributed by atoms with Gasteiger partial charge in [-0.1, -0.05) is 0 Å². The number of hydrogen-bond acceptors (Lipinski definition) is 3. The first-order valence-corrected chi connectivity index (χ1v) is 4.71. The predicted molar refractivity (Wildman–Crippen MR) is 48.3 cm³/mol. The number of likely N-dealkylation sites (N-methyl/N-ethyl adjacent to an activating group) is 1. The first-order valence-electron chi connectivity index (χ1n) is 4.71. The number of likely N-dealkylation sites (tertiary alicyclic amines) is 1. The fraction of sp³-hybridized carbons (Fsp3) is 1.00. The van der Waals surface area contributed by atoms with Gasteiger partial charge in [0, 0.05) is 32.9 Å².